The third-order valence-corrected chi connectivity index (χ3v) is 3.79. The average Bonchev–Trinajstić information content (AvgIpc) is 2.47. The number of nitrogens with zero attached hydrogens (tertiary/aromatic N) is 1. The molecule has 0 aliphatic carbocycles. The molecule has 0 amide bonds. The number of nitrogens with one attached hydrogen (secondary N) is 1. The Kier molecular flexibility index (Phi) is 6.21. The molecular formula is C17H21BrN2O. The number of aromatic nitrogens is 1. The van der Waals surface area contributed by atoms with Crippen molar-refractivity contribution in [3.63, 3.8) is 0 Å². The lowest BCUT2D eigenvalue weighted by Crippen LogP contribution is -2.18. The molecule has 2 aromatic rings. The van der Waals surface area contributed by atoms with E-state index in [1.807, 2.05) is 36.5 Å². The maximum absolute atomic E-state index is 5.71. The molecule has 4 heteroatoms. The molecule has 3 nitrogen and oxygen atoms in total. The van der Waals surface area contributed by atoms with Gasteiger partial charge in [-0.2, -0.15) is 0 Å². The minimum absolute atomic E-state index is 0.513. The van der Waals surface area contributed by atoms with E-state index in [9.17, 15) is 0 Å². The Bertz CT molecular complexity index is 555. The average molecular weight is 349 g/mol. The third-order valence-electron chi connectivity index (χ3n) is 3.01. The summed E-state index contributed by atoms with van der Waals surface area (Å²) in [7, 11) is 0. The number of hydrogen-bond donors (Lipinski definition) is 1. The summed E-state index contributed by atoms with van der Waals surface area (Å²) in [6, 6.07) is 12.0. The maximum Gasteiger partial charge on any atom is 0.213 e. The van der Waals surface area contributed by atoms with Crippen LogP contribution in [0.25, 0.3) is 0 Å². The molecule has 0 aliphatic rings. The smallest absolute Gasteiger partial charge is 0.213 e. The Hall–Kier alpha value is -1.39. The van der Waals surface area contributed by atoms with E-state index >= 15 is 0 Å². The van der Waals surface area contributed by atoms with Crippen LogP contribution in [0.2, 0.25) is 0 Å². The van der Waals surface area contributed by atoms with Crippen LogP contribution in [-0.4, -0.2) is 11.5 Å². The van der Waals surface area contributed by atoms with Crippen molar-refractivity contribution in [2.45, 2.75) is 27.0 Å². The van der Waals surface area contributed by atoms with Crippen molar-refractivity contribution in [1.29, 1.82) is 0 Å². The molecule has 1 aromatic heterocycles. The fraction of sp³-hybridized carbons (Fsp3) is 0.353. The van der Waals surface area contributed by atoms with Gasteiger partial charge in [0.2, 0.25) is 5.88 Å². The van der Waals surface area contributed by atoms with E-state index in [1.165, 1.54) is 5.56 Å². The lowest BCUT2D eigenvalue weighted by atomic mass is 10.2. The SMILES string of the molecule is CC(C)CNCc1ccc(OCc2ccccc2Br)nc1. The molecule has 112 valence electrons. The van der Waals surface area contributed by atoms with E-state index in [-0.39, 0.29) is 0 Å². The number of benzene rings is 1. The highest BCUT2D eigenvalue weighted by Gasteiger charge is 2.01. The largest absolute Gasteiger partial charge is 0.473 e. The van der Waals surface area contributed by atoms with E-state index in [4.69, 9.17) is 4.74 Å². The minimum Gasteiger partial charge on any atom is -0.473 e. The summed E-state index contributed by atoms with van der Waals surface area (Å²) in [5, 5.41) is 3.40. The van der Waals surface area contributed by atoms with Crippen molar-refractivity contribution >= 4 is 15.9 Å². The molecule has 2 rings (SSSR count). The van der Waals surface area contributed by atoms with Crippen LogP contribution in [-0.2, 0) is 13.2 Å². The Morgan fingerprint density at radius 1 is 1.19 bits per heavy atom. The molecule has 0 fully saturated rings. The molecule has 0 saturated carbocycles. The standard InChI is InChI=1S/C17H21BrN2O/c1-13(2)9-19-10-14-7-8-17(20-11-14)21-12-15-5-3-4-6-16(15)18/h3-8,11,13,19H,9-10,12H2,1-2H3. The Labute approximate surface area is 134 Å². The summed E-state index contributed by atoms with van der Waals surface area (Å²) in [6.45, 7) is 6.77. The zero-order chi connectivity index (χ0) is 15.1. The van der Waals surface area contributed by atoms with Crippen molar-refractivity contribution in [2.75, 3.05) is 6.54 Å². The molecule has 0 aliphatic heterocycles. The second kappa shape index (κ2) is 8.15. The van der Waals surface area contributed by atoms with Crippen LogP contribution in [0.3, 0.4) is 0 Å². The highest BCUT2D eigenvalue weighted by Crippen LogP contribution is 2.18. The number of pyridine rings is 1. The van der Waals surface area contributed by atoms with Crippen LogP contribution in [0.1, 0.15) is 25.0 Å². The van der Waals surface area contributed by atoms with Crippen molar-refractivity contribution in [3.8, 4) is 5.88 Å². The van der Waals surface area contributed by atoms with Gasteiger partial charge in [0, 0.05) is 28.8 Å². The summed E-state index contributed by atoms with van der Waals surface area (Å²) in [5.41, 5.74) is 2.28. The summed E-state index contributed by atoms with van der Waals surface area (Å²) in [6.07, 6.45) is 1.86. The van der Waals surface area contributed by atoms with Gasteiger partial charge in [0.25, 0.3) is 0 Å². The fourth-order valence-electron chi connectivity index (χ4n) is 1.87. The monoisotopic (exact) mass is 348 g/mol. The summed E-state index contributed by atoms with van der Waals surface area (Å²) in [5.74, 6) is 1.31. The van der Waals surface area contributed by atoms with Crippen molar-refractivity contribution < 1.29 is 4.74 Å². The Morgan fingerprint density at radius 3 is 2.67 bits per heavy atom. The molecule has 1 aromatic carbocycles. The first kappa shape index (κ1) is 16.0. The van der Waals surface area contributed by atoms with E-state index in [0.29, 0.717) is 18.4 Å². The summed E-state index contributed by atoms with van der Waals surface area (Å²) in [4.78, 5) is 4.34. The molecular weight excluding hydrogens is 328 g/mol. The van der Waals surface area contributed by atoms with E-state index in [0.717, 1.165) is 23.1 Å². The molecule has 0 spiro atoms. The second-order valence-electron chi connectivity index (χ2n) is 5.41. The van der Waals surface area contributed by atoms with Gasteiger partial charge in [-0.1, -0.05) is 54.0 Å². The van der Waals surface area contributed by atoms with Gasteiger partial charge in [-0.15, -0.1) is 0 Å². The fourth-order valence-corrected chi connectivity index (χ4v) is 2.27. The van der Waals surface area contributed by atoms with Crippen LogP contribution in [0.15, 0.2) is 47.1 Å². The lowest BCUT2D eigenvalue weighted by molar-refractivity contribution is 0.293. The van der Waals surface area contributed by atoms with Gasteiger partial charge in [-0.05, 0) is 24.1 Å². The van der Waals surface area contributed by atoms with Crippen molar-refractivity contribution in [2.24, 2.45) is 5.92 Å². The van der Waals surface area contributed by atoms with E-state index < -0.39 is 0 Å². The van der Waals surface area contributed by atoms with E-state index in [1.54, 1.807) is 0 Å². The van der Waals surface area contributed by atoms with Gasteiger partial charge in [-0.25, -0.2) is 4.98 Å². The van der Waals surface area contributed by atoms with Gasteiger partial charge in [-0.3, -0.25) is 0 Å². The first-order valence-electron chi connectivity index (χ1n) is 7.17. The normalized spacial score (nSPS) is 10.9. The summed E-state index contributed by atoms with van der Waals surface area (Å²) >= 11 is 3.51. The van der Waals surface area contributed by atoms with Crippen LogP contribution in [0.5, 0.6) is 5.88 Å². The van der Waals surface area contributed by atoms with Crippen LogP contribution < -0.4 is 10.1 Å². The molecule has 0 atom stereocenters. The van der Waals surface area contributed by atoms with Crippen LogP contribution in [0, 0.1) is 5.92 Å². The number of ether oxygens (including phenoxy) is 1. The third kappa shape index (κ3) is 5.48. The highest BCUT2D eigenvalue weighted by atomic mass is 79.9. The first-order chi connectivity index (χ1) is 10.1. The predicted molar refractivity (Wildman–Crippen MR) is 89.3 cm³/mol. The molecule has 1 heterocycles. The second-order valence-corrected chi connectivity index (χ2v) is 6.26. The van der Waals surface area contributed by atoms with Crippen LogP contribution in [0.4, 0.5) is 0 Å². The lowest BCUT2D eigenvalue weighted by Gasteiger charge is -2.09. The van der Waals surface area contributed by atoms with Gasteiger partial charge < -0.3 is 10.1 Å². The maximum atomic E-state index is 5.71. The quantitative estimate of drug-likeness (QED) is 0.815. The molecule has 0 saturated heterocycles. The van der Waals surface area contributed by atoms with Gasteiger partial charge in [0.05, 0.1) is 0 Å². The number of halogens is 1. The Balaban J connectivity index is 1.84. The van der Waals surface area contributed by atoms with Crippen molar-refractivity contribution in [1.82, 2.24) is 10.3 Å². The van der Waals surface area contributed by atoms with E-state index in [2.05, 4.69) is 46.1 Å². The van der Waals surface area contributed by atoms with Gasteiger partial charge >= 0.3 is 0 Å². The zero-order valence-electron chi connectivity index (χ0n) is 12.5. The molecule has 21 heavy (non-hydrogen) atoms. The first-order valence-corrected chi connectivity index (χ1v) is 7.96. The van der Waals surface area contributed by atoms with Gasteiger partial charge in [0.1, 0.15) is 6.61 Å². The minimum atomic E-state index is 0.513. The summed E-state index contributed by atoms with van der Waals surface area (Å²) < 4.78 is 6.76. The van der Waals surface area contributed by atoms with Crippen LogP contribution >= 0.6 is 15.9 Å². The predicted octanol–water partition coefficient (Wildman–Crippen LogP) is 4.17. The zero-order valence-corrected chi connectivity index (χ0v) is 14.1. The van der Waals surface area contributed by atoms with Gasteiger partial charge in [0.15, 0.2) is 0 Å². The Morgan fingerprint density at radius 2 is 2.00 bits per heavy atom. The molecule has 1 N–H and O–H groups in total. The molecule has 0 radical (unpaired) electrons. The number of rotatable bonds is 7. The molecule has 0 bridgehead atoms. The van der Waals surface area contributed by atoms with Crippen molar-refractivity contribution in [3.05, 3.63) is 58.2 Å². The topological polar surface area (TPSA) is 34.1 Å². The number of hydrogen-bond acceptors (Lipinski definition) is 3. The molecule has 0 unspecified atom stereocenters. The highest BCUT2D eigenvalue weighted by molar-refractivity contribution is 9.10.